The summed E-state index contributed by atoms with van der Waals surface area (Å²) in [5.41, 5.74) is 1.22. The average molecular weight is 181 g/mol. The van der Waals surface area contributed by atoms with E-state index in [1.165, 1.54) is 24.4 Å². The van der Waals surface area contributed by atoms with Gasteiger partial charge in [-0.05, 0) is 17.5 Å². The zero-order valence-electron chi connectivity index (χ0n) is 6.91. The topological polar surface area (TPSA) is 29.1 Å². The van der Waals surface area contributed by atoms with E-state index in [0.29, 0.717) is 0 Å². The molecule has 0 spiro atoms. The molecule has 0 aliphatic rings. The molecule has 1 aromatic rings. The smallest absolute Gasteiger partial charge is 0.226 e. The first kappa shape index (κ1) is 9.13. The predicted octanol–water partition coefficient (Wildman–Crippen LogP) is 1.97. The van der Waals surface area contributed by atoms with Gasteiger partial charge in [0.15, 0.2) is 0 Å². The highest BCUT2D eigenvalue weighted by Gasteiger charge is 1.92. The average Bonchev–Trinajstić information content (AvgIpc) is 2.05. The van der Waals surface area contributed by atoms with Crippen molar-refractivity contribution in [2.45, 2.75) is 12.7 Å². The van der Waals surface area contributed by atoms with Gasteiger partial charge in [-0.15, -0.1) is 0 Å². The van der Waals surface area contributed by atoms with Gasteiger partial charge in [-0.3, -0.25) is 4.79 Å². The minimum atomic E-state index is -0.00377. The zero-order valence-corrected chi connectivity index (χ0v) is 7.73. The van der Waals surface area contributed by atoms with Gasteiger partial charge >= 0.3 is 0 Å². The van der Waals surface area contributed by atoms with Crippen molar-refractivity contribution < 1.29 is 4.79 Å². The van der Waals surface area contributed by atoms with Gasteiger partial charge < -0.3 is 4.72 Å². The van der Waals surface area contributed by atoms with Crippen LogP contribution >= 0.6 is 11.9 Å². The number of hydrogen-bond donors (Lipinski definition) is 1. The van der Waals surface area contributed by atoms with Crippen LogP contribution in [0.15, 0.2) is 30.3 Å². The normalized spacial score (nSPS) is 9.42. The van der Waals surface area contributed by atoms with E-state index in [2.05, 4.69) is 4.72 Å². The summed E-state index contributed by atoms with van der Waals surface area (Å²) in [7, 11) is 0. The zero-order chi connectivity index (χ0) is 8.81. The fraction of sp³-hybridized carbons (Fsp3) is 0.222. The van der Waals surface area contributed by atoms with E-state index >= 15 is 0 Å². The molecule has 0 fully saturated rings. The first-order valence-electron chi connectivity index (χ1n) is 3.71. The highest BCUT2D eigenvalue weighted by atomic mass is 32.2. The summed E-state index contributed by atoms with van der Waals surface area (Å²) in [6.07, 6.45) is 0. The van der Waals surface area contributed by atoms with Crippen LogP contribution in [0, 0.1) is 0 Å². The molecular formula is C9H11NOS. The Morgan fingerprint density at radius 1 is 1.42 bits per heavy atom. The van der Waals surface area contributed by atoms with E-state index in [4.69, 9.17) is 0 Å². The Kier molecular flexibility index (Phi) is 3.67. The summed E-state index contributed by atoms with van der Waals surface area (Å²) < 4.78 is 2.67. The molecule has 0 aliphatic carbocycles. The SMILES string of the molecule is CC(=O)NSCc1ccccc1. The van der Waals surface area contributed by atoms with Crippen LogP contribution in [0.25, 0.3) is 0 Å². The molecular weight excluding hydrogens is 170 g/mol. The third kappa shape index (κ3) is 3.44. The first-order valence-corrected chi connectivity index (χ1v) is 4.70. The molecule has 0 unspecified atom stereocenters. The fourth-order valence-electron chi connectivity index (χ4n) is 0.795. The van der Waals surface area contributed by atoms with E-state index in [-0.39, 0.29) is 5.91 Å². The van der Waals surface area contributed by atoms with Crippen molar-refractivity contribution in [2.24, 2.45) is 0 Å². The monoisotopic (exact) mass is 181 g/mol. The fourth-order valence-corrected chi connectivity index (χ4v) is 1.43. The Balaban J connectivity index is 2.29. The molecule has 1 aromatic carbocycles. The Bertz CT molecular complexity index is 248. The molecule has 1 N–H and O–H groups in total. The molecule has 0 aromatic heterocycles. The van der Waals surface area contributed by atoms with E-state index in [1.807, 2.05) is 30.3 Å². The second-order valence-corrected chi connectivity index (χ2v) is 3.21. The van der Waals surface area contributed by atoms with E-state index in [9.17, 15) is 4.79 Å². The van der Waals surface area contributed by atoms with Gasteiger partial charge in [0.25, 0.3) is 0 Å². The molecule has 0 bridgehead atoms. The van der Waals surface area contributed by atoms with Crippen molar-refractivity contribution in [2.75, 3.05) is 0 Å². The maximum atomic E-state index is 10.5. The standard InChI is InChI=1S/C9H11NOS/c1-8(11)10-12-7-9-5-3-2-4-6-9/h2-6H,7H2,1H3,(H,10,11). The maximum Gasteiger partial charge on any atom is 0.226 e. The Hall–Kier alpha value is -0.960. The van der Waals surface area contributed by atoms with Crippen LogP contribution in [-0.2, 0) is 10.5 Å². The number of carbonyl (C=O) groups is 1. The third-order valence-electron chi connectivity index (χ3n) is 1.30. The van der Waals surface area contributed by atoms with Crippen LogP contribution in [0.3, 0.4) is 0 Å². The summed E-state index contributed by atoms with van der Waals surface area (Å²) in [6.45, 7) is 1.51. The van der Waals surface area contributed by atoms with Crippen LogP contribution in [-0.4, -0.2) is 5.91 Å². The van der Waals surface area contributed by atoms with Gasteiger partial charge in [-0.2, -0.15) is 0 Å². The van der Waals surface area contributed by atoms with Gasteiger partial charge in [0, 0.05) is 12.7 Å². The number of benzene rings is 1. The Labute approximate surface area is 76.5 Å². The second kappa shape index (κ2) is 4.83. The van der Waals surface area contributed by atoms with Crippen LogP contribution in [0.5, 0.6) is 0 Å². The lowest BCUT2D eigenvalue weighted by molar-refractivity contribution is -0.117. The van der Waals surface area contributed by atoms with Gasteiger partial charge in [0.05, 0.1) is 0 Å². The summed E-state index contributed by atoms with van der Waals surface area (Å²) >= 11 is 1.41. The quantitative estimate of drug-likeness (QED) is 0.722. The minimum Gasteiger partial charge on any atom is -0.300 e. The number of carbonyl (C=O) groups excluding carboxylic acids is 1. The van der Waals surface area contributed by atoms with Crippen molar-refractivity contribution >= 4 is 17.9 Å². The first-order chi connectivity index (χ1) is 5.79. The second-order valence-electron chi connectivity index (χ2n) is 2.43. The van der Waals surface area contributed by atoms with Crippen molar-refractivity contribution in [3.05, 3.63) is 35.9 Å². The highest BCUT2D eigenvalue weighted by Crippen LogP contribution is 2.07. The van der Waals surface area contributed by atoms with Gasteiger partial charge in [0.2, 0.25) is 5.91 Å². The Morgan fingerprint density at radius 2 is 2.08 bits per heavy atom. The van der Waals surface area contributed by atoms with Crippen molar-refractivity contribution in [1.29, 1.82) is 0 Å². The Morgan fingerprint density at radius 3 is 2.67 bits per heavy atom. The minimum absolute atomic E-state index is 0.00377. The lowest BCUT2D eigenvalue weighted by Crippen LogP contribution is -2.10. The van der Waals surface area contributed by atoms with Gasteiger partial charge in [-0.1, -0.05) is 30.3 Å². The van der Waals surface area contributed by atoms with Crippen LogP contribution in [0.1, 0.15) is 12.5 Å². The van der Waals surface area contributed by atoms with Crippen LogP contribution in [0.4, 0.5) is 0 Å². The molecule has 0 atom stereocenters. The predicted molar refractivity (Wildman–Crippen MR) is 51.6 cm³/mol. The molecule has 2 nitrogen and oxygen atoms in total. The van der Waals surface area contributed by atoms with E-state index < -0.39 is 0 Å². The lowest BCUT2D eigenvalue weighted by atomic mass is 10.2. The molecule has 12 heavy (non-hydrogen) atoms. The highest BCUT2D eigenvalue weighted by molar-refractivity contribution is 7.97. The molecule has 1 amide bonds. The van der Waals surface area contributed by atoms with Crippen molar-refractivity contribution in [3.63, 3.8) is 0 Å². The third-order valence-corrected chi connectivity index (χ3v) is 2.21. The molecule has 0 saturated heterocycles. The number of amides is 1. The summed E-state index contributed by atoms with van der Waals surface area (Å²) in [4.78, 5) is 10.5. The molecule has 64 valence electrons. The van der Waals surface area contributed by atoms with Crippen LogP contribution < -0.4 is 4.72 Å². The molecule has 0 saturated carbocycles. The lowest BCUT2D eigenvalue weighted by Gasteiger charge is -2.00. The van der Waals surface area contributed by atoms with Crippen molar-refractivity contribution in [3.8, 4) is 0 Å². The number of hydrogen-bond acceptors (Lipinski definition) is 2. The van der Waals surface area contributed by atoms with E-state index in [0.717, 1.165) is 5.75 Å². The van der Waals surface area contributed by atoms with E-state index in [1.54, 1.807) is 0 Å². The number of rotatable bonds is 3. The van der Waals surface area contributed by atoms with Gasteiger partial charge in [0.1, 0.15) is 0 Å². The molecule has 1 rings (SSSR count). The van der Waals surface area contributed by atoms with Crippen LogP contribution in [0.2, 0.25) is 0 Å². The molecule has 3 heteroatoms. The molecule has 0 heterocycles. The largest absolute Gasteiger partial charge is 0.300 e. The van der Waals surface area contributed by atoms with Crippen molar-refractivity contribution in [1.82, 2.24) is 4.72 Å². The summed E-state index contributed by atoms with van der Waals surface area (Å²) in [5, 5.41) is 0. The molecule has 0 radical (unpaired) electrons. The summed E-state index contributed by atoms with van der Waals surface area (Å²) in [6, 6.07) is 10.0. The van der Waals surface area contributed by atoms with Gasteiger partial charge in [-0.25, -0.2) is 0 Å². The summed E-state index contributed by atoms with van der Waals surface area (Å²) in [5.74, 6) is 0.816. The number of nitrogens with one attached hydrogen (secondary N) is 1. The molecule has 0 aliphatic heterocycles. The maximum absolute atomic E-state index is 10.5.